The fourth-order valence-corrected chi connectivity index (χ4v) is 3.57. The minimum atomic E-state index is -0.464. The van der Waals surface area contributed by atoms with Crippen LogP contribution < -0.4 is 10.2 Å². The lowest BCUT2D eigenvalue weighted by Crippen LogP contribution is -2.59. The number of anilines is 1. The summed E-state index contributed by atoms with van der Waals surface area (Å²) in [6, 6.07) is 2.15. The van der Waals surface area contributed by atoms with Crippen LogP contribution in [0.5, 0.6) is 0 Å². The molecule has 3 fully saturated rings. The van der Waals surface area contributed by atoms with Gasteiger partial charge in [-0.05, 0) is 32.2 Å². The molecule has 2 aliphatic heterocycles. The number of rotatable bonds is 2. The van der Waals surface area contributed by atoms with Gasteiger partial charge in [-0.3, -0.25) is 0 Å². The summed E-state index contributed by atoms with van der Waals surface area (Å²) < 4.78 is 0. The maximum absolute atomic E-state index is 10.7. The molecule has 1 aromatic rings. The molecule has 2 saturated heterocycles. The molecule has 5 heteroatoms. The Hall–Kier alpha value is -1.20. The van der Waals surface area contributed by atoms with Gasteiger partial charge in [-0.25, -0.2) is 9.97 Å². The number of fused-ring (bicyclic) bond motifs is 1. The van der Waals surface area contributed by atoms with Crippen LogP contribution >= 0.6 is 0 Å². The molecule has 5 nitrogen and oxygen atoms in total. The van der Waals surface area contributed by atoms with Gasteiger partial charge in [-0.2, -0.15) is 0 Å². The van der Waals surface area contributed by atoms with Gasteiger partial charge in [-0.15, -0.1) is 0 Å². The second-order valence-electron chi connectivity index (χ2n) is 6.53. The number of nitrogens with zero attached hydrogens (tertiary/aromatic N) is 3. The third-order valence-corrected chi connectivity index (χ3v) is 5.13. The molecule has 4 rings (SSSR count). The average molecular weight is 274 g/mol. The van der Waals surface area contributed by atoms with Crippen molar-refractivity contribution in [3.8, 4) is 0 Å². The van der Waals surface area contributed by atoms with E-state index in [1.54, 1.807) is 6.33 Å². The molecule has 0 amide bonds. The summed E-state index contributed by atoms with van der Waals surface area (Å²) in [7, 11) is 0. The van der Waals surface area contributed by atoms with E-state index in [2.05, 4.69) is 26.3 Å². The molecule has 3 aliphatic rings. The third kappa shape index (κ3) is 2.19. The highest BCUT2D eigenvalue weighted by molar-refractivity contribution is 5.41. The van der Waals surface area contributed by atoms with Crippen molar-refractivity contribution in [1.29, 1.82) is 0 Å². The van der Waals surface area contributed by atoms with Gasteiger partial charge in [-0.1, -0.05) is 0 Å². The zero-order valence-electron chi connectivity index (χ0n) is 11.8. The van der Waals surface area contributed by atoms with Crippen LogP contribution in [-0.2, 0) is 0 Å². The number of hydrogen-bond acceptors (Lipinski definition) is 5. The van der Waals surface area contributed by atoms with Gasteiger partial charge >= 0.3 is 0 Å². The molecule has 0 aromatic carbocycles. The van der Waals surface area contributed by atoms with Gasteiger partial charge in [0.25, 0.3) is 0 Å². The summed E-state index contributed by atoms with van der Waals surface area (Å²) >= 11 is 0. The zero-order valence-corrected chi connectivity index (χ0v) is 11.8. The summed E-state index contributed by atoms with van der Waals surface area (Å²) in [4.78, 5) is 11.2. The van der Waals surface area contributed by atoms with E-state index in [-0.39, 0.29) is 0 Å². The van der Waals surface area contributed by atoms with Crippen molar-refractivity contribution in [2.75, 3.05) is 31.1 Å². The van der Waals surface area contributed by atoms with Gasteiger partial charge in [0.1, 0.15) is 12.1 Å². The van der Waals surface area contributed by atoms with Crippen LogP contribution in [-0.4, -0.2) is 46.9 Å². The van der Waals surface area contributed by atoms with Gasteiger partial charge in [0, 0.05) is 43.2 Å². The van der Waals surface area contributed by atoms with Crippen LogP contribution in [0.4, 0.5) is 5.82 Å². The van der Waals surface area contributed by atoms with Gasteiger partial charge in [0.15, 0.2) is 0 Å². The Bertz CT molecular complexity index is 504. The van der Waals surface area contributed by atoms with Crippen molar-refractivity contribution in [2.24, 2.45) is 5.92 Å². The molecule has 3 heterocycles. The average Bonchev–Trinajstić information content (AvgIpc) is 3.31. The summed E-state index contributed by atoms with van der Waals surface area (Å²) in [5.74, 6) is 2.01. The summed E-state index contributed by atoms with van der Waals surface area (Å²) in [5, 5.41) is 14.1. The van der Waals surface area contributed by atoms with Crippen molar-refractivity contribution < 1.29 is 5.11 Å². The van der Waals surface area contributed by atoms with Gasteiger partial charge in [0.2, 0.25) is 0 Å². The summed E-state index contributed by atoms with van der Waals surface area (Å²) in [5.41, 5.74) is 0.728. The number of piperidine rings is 2. The van der Waals surface area contributed by atoms with E-state index < -0.39 is 5.60 Å². The van der Waals surface area contributed by atoms with E-state index in [9.17, 15) is 5.11 Å². The molecular formula is C15H22N4O. The van der Waals surface area contributed by atoms with Crippen LogP contribution in [0.15, 0.2) is 12.4 Å². The first kappa shape index (κ1) is 12.5. The van der Waals surface area contributed by atoms with E-state index >= 15 is 0 Å². The highest BCUT2D eigenvalue weighted by Gasteiger charge is 2.43. The lowest BCUT2D eigenvalue weighted by Gasteiger charge is -2.47. The molecule has 0 bridgehead atoms. The van der Waals surface area contributed by atoms with E-state index in [0.717, 1.165) is 44.8 Å². The van der Waals surface area contributed by atoms with Crippen molar-refractivity contribution >= 4 is 5.82 Å². The fourth-order valence-electron chi connectivity index (χ4n) is 3.57. The van der Waals surface area contributed by atoms with Gasteiger partial charge < -0.3 is 15.3 Å². The molecule has 2 N–H and O–H groups in total. The maximum Gasteiger partial charge on any atom is 0.132 e. The molecule has 0 radical (unpaired) electrons. The Morgan fingerprint density at radius 2 is 2.20 bits per heavy atom. The topological polar surface area (TPSA) is 61.3 Å². The molecule has 0 spiro atoms. The molecule has 20 heavy (non-hydrogen) atoms. The number of aliphatic hydroxyl groups is 1. The van der Waals surface area contributed by atoms with Crippen molar-refractivity contribution in [2.45, 2.75) is 37.2 Å². The highest BCUT2D eigenvalue weighted by atomic mass is 16.3. The summed E-state index contributed by atoms with van der Waals surface area (Å²) in [6.45, 7) is 3.64. The van der Waals surface area contributed by atoms with E-state index in [4.69, 9.17) is 0 Å². The normalized spacial score (nSPS) is 33.9. The fraction of sp³-hybridized carbons (Fsp3) is 0.733. The Morgan fingerprint density at radius 3 is 3.05 bits per heavy atom. The predicted molar refractivity (Wildman–Crippen MR) is 76.8 cm³/mol. The molecular weight excluding hydrogens is 252 g/mol. The molecule has 1 saturated carbocycles. The smallest absolute Gasteiger partial charge is 0.132 e. The molecule has 2 atom stereocenters. The van der Waals surface area contributed by atoms with E-state index in [1.807, 2.05) is 0 Å². The van der Waals surface area contributed by atoms with Crippen LogP contribution in [0.2, 0.25) is 0 Å². The van der Waals surface area contributed by atoms with E-state index in [1.165, 1.54) is 18.5 Å². The van der Waals surface area contributed by atoms with Crippen molar-refractivity contribution in [1.82, 2.24) is 15.3 Å². The van der Waals surface area contributed by atoms with Crippen molar-refractivity contribution in [3.63, 3.8) is 0 Å². The summed E-state index contributed by atoms with van der Waals surface area (Å²) in [6.07, 6.45) is 5.96. The number of aromatic nitrogens is 2. The second-order valence-corrected chi connectivity index (χ2v) is 6.53. The Morgan fingerprint density at radius 1 is 1.30 bits per heavy atom. The second kappa shape index (κ2) is 4.67. The molecule has 1 aromatic heterocycles. The van der Waals surface area contributed by atoms with Crippen LogP contribution in [0.25, 0.3) is 0 Å². The maximum atomic E-state index is 10.7. The first-order chi connectivity index (χ1) is 9.74. The van der Waals surface area contributed by atoms with Crippen molar-refractivity contribution in [3.05, 3.63) is 18.1 Å². The molecule has 108 valence electrons. The minimum absolute atomic E-state index is 0.310. The highest BCUT2D eigenvalue weighted by Crippen LogP contribution is 2.40. The first-order valence-electron chi connectivity index (χ1n) is 7.75. The lowest BCUT2D eigenvalue weighted by molar-refractivity contribution is -0.0539. The van der Waals surface area contributed by atoms with Gasteiger partial charge in [0.05, 0.1) is 5.60 Å². The minimum Gasteiger partial charge on any atom is -0.389 e. The Kier molecular flexibility index (Phi) is 2.93. The van der Waals surface area contributed by atoms with Crippen LogP contribution in [0.3, 0.4) is 0 Å². The Balaban J connectivity index is 1.53. The van der Waals surface area contributed by atoms with E-state index in [0.29, 0.717) is 11.8 Å². The standard InChI is InChI=1S/C15H22N4O/c20-15-3-5-16-8-12(15)9-19(6-4-15)14-7-13(11-1-2-11)17-10-18-14/h7,10-12,16,20H,1-6,8-9H2. The molecule has 2 unspecified atom stereocenters. The van der Waals surface area contributed by atoms with Crippen LogP contribution in [0, 0.1) is 5.92 Å². The predicted octanol–water partition coefficient (Wildman–Crippen LogP) is 0.905. The SMILES string of the molecule is OC12CCNCC1CN(c1cc(C3CC3)ncn1)CC2. The monoisotopic (exact) mass is 274 g/mol. The quantitative estimate of drug-likeness (QED) is 0.839. The molecule has 1 aliphatic carbocycles. The zero-order chi connectivity index (χ0) is 13.6. The lowest BCUT2D eigenvalue weighted by atomic mass is 9.76. The number of nitrogens with one attached hydrogen (secondary N) is 1. The largest absolute Gasteiger partial charge is 0.389 e. The number of hydrogen-bond donors (Lipinski definition) is 2. The first-order valence-corrected chi connectivity index (χ1v) is 7.75. The third-order valence-electron chi connectivity index (χ3n) is 5.13. The Labute approximate surface area is 119 Å². The van der Waals surface area contributed by atoms with Crippen LogP contribution in [0.1, 0.15) is 37.3 Å².